The van der Waals surface area contributed by atoms with Crippen molar-refractivity contribution in [3.8, 4) is 0 Å². The summed E-state index contributed by atoms with van der Waals surface area (Å²) in [7, 11) is 1.23. The number of rotatable bonds is 3. The van der Waals surface area contributed by atoms with Crippen molar-refractivity contribution in [1.82, 2.24) is 0 Å². The van der Waals surface area contributed by atoms with E-state index in [1.165, 1.54) is 14.0 Å². The molecule has 98 valence electrons. The first-order chi connectivity index (χ1) is 8.36. The van der Waals surface area contributed by atoms with Crippen molar-refractivity contribution in [2.75, 3.05) is 12.8 Å². The van der Waals surface area contributed by atoms with Crippen molar-refractivity contribution >= 4 is 33.6 Å². The molecule has 6 heteroatoms. The smallest absolute Gasteiger partial charge is 0.346 e. The maximum absolute atomic E-state index is 11.9. The number of carbonyl (C=O) groups excluding carboxylic acids is 2. The van der Waals surface area contributed by atoms with E-state index in [1.807, 2.05) is 0 Å². The summed E-state index contributed by atoms with van der Waals surface area (Å²) in [5.41, 5.74) is 7.15. The summed E-state index contributed by atoms with van der Waals surface area (Å²) >= 11 is 3.24. The van der Waals surface area contributed by atoms with Crippen LogP contribution in [0.5, 0.6) is 0 Å². The number of benzene rings is 1. The standard InChI is InChI=1S/C12H14BrNO4/c1-6-9(4-8(13)5-10(6)14)12(16)18-7(2)11(15)17-3/h4-5,7H,14H2,1-3H3. The molecule has 0 bridgehead atoms. The average Bonchev–Trinajstić information content (AvgIpc) is 2.32. The van der Waals surface area contributed by atoms with Gasteiger partial charge in [0.1, 0.15) is 0 Å². The molecule has 0 amide bonds. The van der Waals surface area contributed by atoms with E-state index in [0.717, 1.165) is 0 Å². The molecule has 0 saturated heterocycles. The van der Waals surface area contributed by atoms with Gasteiger partial charge >= 0.3 is 11.9 Å². The molecule has 0 radical (unpaired) electrons. The van der Waals surface area contributed by atoms with Crippen molar-refractivity contribution in [2.45, 2.75) is 20.0 Å². The average molecular weight is 316 g/mol. The highest BCUT2D eigenvalue weighted by Crippen LogP contribution is 2.23. The lowest BCUT2D eigenvalue weighted by molar-refractivity contribution is -0.149. The number of anilines is 1. The van der Waals surface area contributed by atoms with Gasteiger partial charge in [0.05, 0.1) is 12.7 Å². The third kappa shape index (κ3) is 3.22. The molecule has 1 unspecified atom stereocenters. The molecule has 0 aliphatic heterocycles. The minimum atomic E-state index is -0.956. The summed E-state index contributed by atoms with van der Waals surface area (Å²) < 4.78 is 10.1. The van der Waals surface area contributed by atoms with E-state index < -0.39 is 18.0 Å². The molecule has 0 heterocycles. The molecular weight excluding hydrogens is 302 g/mol. The minimum absolute atomic E-state index is 0.317. The molecule has 18 heavy (non-hydrogen) atoms. The zero-order chi connectivity index (χ0) is 13.9. The van der Waals surface area contributed by atoms with E-state index in [1.54, 1.807) is 19.1 Å². The maximum Gasteiger partial charge on any atom is 0.346 e. The fourth-order valence-electron chi connectivity index (χ4n) is 1.35. The van der Waals surface area contributed by atoms with E-state index in [0.29, 0.717) is 21.3 Å². The highest BCUT2D eigenvalue weighted by Gasteiger charge is 2.21. The van der Waals surface area contributed by atoms with E-state index in [-0.39, 0.29) is 0 Å². The number of halogens is 1. The van der Waals surface area contributed by atoms with Crippen LogP contribution in [0.1, 0.15) is 22.8 Å². The van der Waals surface area contributed by atoms with Crippen molar-refractivity contribution in [1.29, 1.82) is 0 Å². The molecule has 2 N–H and O–H groups in total. The lowest BCUT2D eigenvalue weighted by Gasteiger charge is -2.13. The number of hydrogen-bond acceptors (Lipinski definition) is 5. The van der Waals surface area contributed by atoms with Gasteiger partial charge in [-0.15, -0.1) is 0 Å². The van der Waals surface area contributed by atoms with E-state index in [4.69, 9.17) is 10.5 Å². The predicted octanol–water partition coefficient (Wildman–Crippen LogP) is 2.06. The quantitative estimate of drug-likeness (QED) is 0.682. The van der Waals surface area contributed by atoms with Crippen molar-refractivity contribution in [3.05, 3.63) is 27.7 Å². The molecule has 0 aliphatic rings. The molecule has 0 fully saturated rings. The Hall–Kier alpha value is -1.56. The zero-order valence-corrected chi connectivity index (χ0v) is 11.9. The summed E-state index contributed by atoms with van der Waals surface area (Å²) in [5.74, 6) is -1.22. The molecule has 0 aromatic heterocycles. The van der Waals surface area contributed by atoms with Gasteiger partial charge < -0.3 is 15.2 Å². The van der Waals surface area contributed by atoms with E-state index in [9.17, 15) is 9.59 Å². The molecule has 1 aromatic rings. The third-order valence-corrected chi connectivity index (χ3v) is 2.91. The Bertz CT molecular complexity index is 487. The lowest BCUT2D eigenvalue weighted by atomic mass is 10.1. The number of nitrogens with two attached hydrogens (primary N) is 1. The number of esters is 2. The van der Waals surface area contributed by atoms with Crippen LogP contribution in [0.3, 0.4) is 0 Å². The first-order valence-electron chi connectivity index (χ1n) is 5.21. The number of methoxy groups -OCH3 is 1. The third-order valence-electron chi connectivity index (χ3n) is 2.45. The summed E-state index contributed by atoms with van der Waals surface area (Å²) in [5, 5.41) is 0. The van der Waals surface area contributed by atoms with Gasteiger partial charge in [0.15, 0.2) is 6.10 Å². The molecule has 0 spiro atoms. The summed E-state index contributed by atoms with van der Waals surface area (Å²) in [6.45, 7) is 3.15. The van der Waals surface area contributed by atoms with E-state index in [2.05, 4.69) is 20.7 Å². The van der Waals surface area contributed by atoms with Gasteiger partial charge in [0.2, 0.25) is 0 Å². The van der Waals surface area contributed by atoms with Crippen LogP contribution in [-0.2, 0) is 14.3 Å². The van der Waals surface area contributed by atoms with Gasteiger partial charge in [-0.05, 0) is 31.5 Å². The molecule has 1 aromatic carbocycles. The molecule has 1 rings (SSSR count). The van der Waals surface area contributed by atoms with Crippen LogP contribution in [0.2, 0.25) is 0 Å². The first-order valence-corrected chi connectivity index (χ1v) is 6.00. The van der Waals surface area contributed by atoms with Crippen LogP contribution in [0.15, 0.2) is 16.6 Å². The highest BCUT2D eigenvalue weighted by atomic mass is 79.9. The first kappa shape index (κ1) is 14.5. The van der Waals surface area contributed by atoms with Gasteiger partial charge in [-0.25, -0.2) is 9.59 Å². The molecule has 0 saturated carbocycles. The Morgan fingerprint density at radius 3 is 2.56 bits per heavy atom. The monoisotopic (exact) mass is 315 g/mol. The molecular formula is C12H14BrNO4. The molecule has 0 aliphatic carbocycles. The minimum Gasteiger partial charge on any atom is -0.466 e. The van der Waals surface area contributed by atoms with Gasteiger partial charge in [-0.3, -0.25) is 0 Å². The number of hydrogen-bond donors (Lipinski definition) is 1. The van der Waals surface area contributed by atoms with Gasteiger partial charge in [-0.1, -0.05) is 15.9 Å². The topological polar surface area (TPSA) is 78.6 Å². The van der Waals surface area contributed by atoms with Crippen molar-refractivity contribution in [2.24, 2.45) is 0 Å². The predicted molar refractivity (Wildman–Crippen MR) is 70.2 cm³/mol. The lowest BCUT2D eigenvalue weighted by Crippen LogP contribution is -2.25. The highest BCUT2D eigenvalue weighted by molar-refractivity contribution is 9.10. The normalized spacial score (nSPS) is 11.8. The van der Waals surface area contributed by atoms with Crippen LogP contribution in [0.4, 0.5) is 5.69 Å². The van der Waals surface area contributed by atoms with Gasteiger partial charge in [0.25, 0.3) is 0 Å². The second kappa shape index (κ2) is 5.86. The summed E-state index contributed by atoms with van der Waals surface area (Å²) in [6.07, 6.45) is -0.956. The Morgan fingerprint density at radius 1 is 1.39 bits per heavy atom. The second-order valence-electron chi connectivity index (χ2n) is 3.74. The maximum atomic E-state index is 11.9. The number of carbonyl (C=O) groups is 2. The van der Waals surface area contributed by atoms with Crippen LogP contribution < -0.4 is 5.73 Å². The van der Waals surface area contributed by atoms with Crippen LogP contribution >= 0.6 is 15.9 Å². The largest absolute Gasteiger partial charge is 0.466 e. The Balaban J connectivity index is 2.95. The summed E-state index contributed by atoms with van der Waals surface area (Å²) in [6, 6.07) is 3.29. The Labute approximate surface area is 113 Å². The molecule has 5 nitrogen and oxygen atoms in total. The van der Waals surface area contributed by atoms with Crippen LogP contribution in [0.25, 0.3) is 0 Å². The number of nitrogen functional groups attached to an aromatic ring is 1. The Morgan fingerprint density at radius 2 is 2.00 bits per heavy atom. The van der Waals surface area contributed by atoms with Gasteiger partial charge in [-0.2, -0.15) is 0 Å². The zero-order valence-electron chi connectivity index (χ0n) is 10.3. The number of ether oxygens (including phenoxy) is 2. The van der Waals surface area contributed by atoms with Gasteiger partial charge in [0, 0.05) is 10.2 Å². The fourth-order valence-corrected chi connectivity index (χ4v) is 1.83. The Kier molecular flexibility index (Phi) is 4.72. The summed E-state index contributed by atoms with van der Waals surface area (Å²) in [4.78, 5) is 23.1. The van der Waals surface area contributed by atoms with Crippen molar-refractivity contribution < 1.29 is 19.1 Å². The fraction of sp³-hybridized carbons (Fsp3) is 0.333. The SMILES string of the molecule is COC(=O)C(C)OC(=O)c1cc(Br)cc(N)c1C. The second-order valence-corrected chi connectivity index (χ2v) is 4.65. The molecule has 1 atom stereocenters. The van der Waals surface area contributed by atoms with Crippen LogP contribution in [0, 0.1) is 6.92 Å². The van der Waals surface area contributed by atoms with Crippen molar-refractivity contribution in [3.63, 3.8) is 0 Å². The van der Waals surface area contributed by atoms with E-state index >= 15 is 0 Å². The van der Waals surface area contributed by atoms with Crippen LogP contribution in [-0.4, -0.2) is 25.2 Å².